The molecule has 1 aromatic heterocycles. The molecule has 1 unspecified atom stereocenters. The van der Waals surface area contributed by atoms with E-state index in [0.717, 1.165) is 11.8 Å². The number of aromatic nitrogens is 2. The molecule has 94 valence electrons. The topological polar surface area (TPSA) is 33.1 Å². The fourth-order valence-corrected chi connectivity index (χ4v) is 3.43. The molecule has 2 aliphatic rings. The molecule has 0 bridgehead atoms. The summed E-state index contributed by atoms with van der Waals surface area (Å²) in [6, 6.07) is 0.509. The summed E-state index contributed by atoms with van der Waals surface area (Å²) in [7, 11) is 2.01. The molecule has 3 atom stereocenters. The Kier molecular flexibility index (Phi) is 2.71. The lowest BCUT2D eigenvalue weighted by Gasteiger charge is -2.24. The van der Waals surface area contributed by atoms with Crippen LogP contribution in [-0.4, -0.2) is 40.9 Å². The fourth-order valence-electron chi connectivity index (χ4n) is 3.43. The van der Waals surface area contributed by atoms with Gasteiger partial charge in [0.25, 0.3) is 0 Å². The number of aryl methyl sites for hydroxylation is 2. The Morgan fingerprint density at radius 1 is 1.35 bits per heavy atom. The van der Waals surface area contributed by atoms with Gasteiger partial charge in [0.2, 0.25) is 0 Å². The number of nitrogens with zero attached hydrogens (tertiary/aromatic N) is 3. The first-order chi connectivity index (χ1) is 8.15. The van der Waals surface area contributed by atoms with Crippen LogP contribution in [0.2, 0.25) is 0 Å². The molecular weight excluding hydrogens is 212 g/mol. The lowest BCUT2D eigenvalue weighted by Crippen LogP contribution is -2.28. The van der Waals surface area contributed by atoms with Crippen LogP contribution in [0.3, 0.4) is 0 Å². The number of rotatable bonds is 2. The van der Waals surface area contributed by atoms with Crippen LogP contribution in [0, 0.1) is 18.8 Å². The smallest absolute Gasteiger partial charge is 0.0641 e. The van der Waals surface area contributed by atoms with Crippen molar-refractivity contribution in [2.75, 3.05) is 26.2 Å². The van der Waals surface area contributed by atoms with Crippen molar-refractivity contribution in [3.8, 4) is 0 Å². The SMILES string of the molecule is Cc1nn(C)cc1C(C)N1C[C@H]2CNC[C@H]2C1. The molecular formula is C13H22N4. The minimum atomic E-state index is 0.509. The first kappa shape index (κ1) is 11.2. The minimum absolute atomic E-state index is 0.509. The van der Waals surface area contributed by atoms with E-state index in [-0.39, 0.29) is 0 Å². The van der Waals surface area contributed by atoms with Gasteiger partial charge in [-0.15, -0.1) is 0 Å². The second-order valence-electron chi connectivity index (χ2n) is 5.65. The van der Waals surface area contributed by atoms with Crippen molar-refractivity contribution in [3.05, 3.63) is 17.5 Å². The second kappa shape index (κ2) is 4.10. The van der Waals surface area contributed by atoms with Crippen molar-refractivity contribution in [2.24, 2.45) is 18.9 Å². The molecule has 0 saturated carbocycles. The van der Waals surface area contributed by atoms with Crippen LogP contribution in [-0.2, 0) is 7.05 Å². The van der Waals surface area contributed by atoms with E-state index in [9.17, 15) is 0 Å². The van der Waals surface area contributed by atoms with Gasteiger partial charge in [-0.05, 0) is 38.8 Å². The van der Waals surface area contributed by atoms with Gasteiger partial charge in [-0.2, -0.15) is 5.10 Å². The van der Waals surface area contributed by atoms with Gasteiger partial charge >= 0.3 is 0 Å². The zero-order valence-corrected chi connectivity index (χ0v) is 11.0. The number of nitrogens with one attached hydrogen (secondary N) is 1. The number of fused-ring (bicyclic) bond motifs is 1. The summed E-state index contributed by atoms with van der Waals surface area (Å²) < 4.78 is 1.93. The van der Waals surface area contributed by atoms with E-state index in [2.05, 4.69) is 35.4 Å². The van der Waals surface area contributed by atoms with E-state index < -0.39 is 0 Å². The highest BCUT2D eigenvalue weighted by atomic mass is 15.3. The van der Waals surface area contributed by atoms with Gasteiger partial charge in [-0.25, -0.2) is 0 Å². The Balaban J connectivity index is 1.75. The van der Waals surface area contributed by atoms with Crippen molar-refractivity contribution >= 4 is 0 Å². The van der Waals surface area contributed by atoms with Crippen LogP contribution in [0.1, 0.15) is 24.2 Å². The zero-order valence-electron chi connectivity index (χ0n) is 11.0. The van der Waals surface area contributed by atoms with E-state index in [4.69, 9.17) is 0 Å². The Bertz CT molecular complexity index is 400. The molecule has 4 heteroatoms. The minimum Gasteiger partial charge on any atom is -0.316 e. The molecule has 0 radical (unpaired) electrons. The lowest BCUT2D eigenvalue weighted by molar-refractivity contribution is 0.243. The van der Waals surface area contributed by atoms with Crippen LogP contribution in [0.5, 0.6) is 0 Å². The van der Waals surface area contributed by atoms with E-state index in [1.807, 2.05) is 11.7 Å². The van der Waals surface area contributed by atoms with Crippen LogP contribution < -0.4 is 5.32 Å². The van der Waals surface area contributed by atoms with Crippen molar-refractivity contribution in [1.29, 1.82) is 0 Å². The van der Waals surface area contributed by atoms with Gasteiger partial charge in [0.05, 0.1) is 5.69 Å². The standard InChI is InChI=1S/C13H22N4/c1-9-13(8-16(3)15-9)10(2)17-6-11-4-14-5-12(11)7-17/h8,10-12,14H,4-7H2,1-3H3/t10?,11-,12+. The molecule has 3 rings (SSSR count). The molecule has 0 aliphatic carbocycles. The normalized spacial score (nSPS) is 30.8. The highest BCUT2D eigenvalue weighted by Crippen LogP contribution is 2.33. The molecule has 17 heavy (non-hydrogen) atoms. The predicted molar refractivity (Wildman–Crippen MR) is 67.8 cm³/mol. The molecule has 2 aliphatic heterocycles. The zero-order chi connectivity index (χ0) is 12.0. The van der Waals surface area contributed by atoms with E-state index in [0.29, 0.717) is 6.04 Å². The molecule has 2 fully saturated rings. The van der Waals surface area contributed by atoms with Gasteiger partial charge in [-0.1, -0.05) is 0 Å². The number of hydrogen-bond donors (Lipinski definition) is 1. The molecule has 4 nitrogen and oxygen atoms in total. The van der Waals surface area contributed by atoms with Crippen molar-refractivity contribution < 1.29 is 0 Å². The Morgan fingerprint density at radius 3 is 2.53 bits per heavy atom. The highest BCUT2D eigenvalue weighted by molar-refractivity contribution is 5.20. The van der Waals surface area contributed by atoms with Crippen LogP contribution in [0.4, 0.5) is 0 Å². The highest BCUT2D eigenvalue weighted by Gasteiger charge is 2.38. The van der Waals surface area contributed by atoms with Gasteiger partial charge in [0, 0.05) is 37.9 Å². The van der Waals surface area contributed by atoms with E-state index in [1.54, 1.807) is 0 Å². The summed E-state index contributed by atoms with van der Waals surface area (Å²) in [5.41, 5.74) is 2.57. The molecule has 1 N–H and O–H groups in total. The number of likely N-dealkylation sites (tertiary alicyclic amines) is 1. The molecule has 0 amide bonds. The third kappa shape index (κ3) is 1.89. The monoisotopic (exact) mass is 234 g/mol. The first-order valence-electron chi connectivity index (χ1n) is 6.60. The van der Waals surface area contributed by atoms with E-state index >= 15 is 0 Å². The molecule has 1 aromatic rings. The van der Waals surface area contributed by atoms with Crippen molar-refractivity contribution in [2.45, 2.75) is 19.9 Å². The Hall–Kier alpha value is -0.870. The summed E-state index contributed by atoms with van der Waals surface area (Å²) in [4.78, 5) is 2.63. The molecule has 0 spiro atoms. The summed E-state index contributed by atoms with van der Waals surface area (Å²) in [6.07, 6.45) is 2.17. The summed E-state index contributed by atoms with van der Waals surface area (Å²) in [5.74, 6) is 1.74. The summed E-state index contributed by atoms with van der Waals surface area (Å²) in [5, 5.41) is 7.95. The summed E-state index contributed by atoms with van der Waals surface area (Å²) in [6.45, 7) is 9.34. The third-order valence-corrected chi connectivity index (χ3v) is 4.47. The van der Waals surface area contributed by atoms with Crippen LogP contribution in [0.15, 0.2) is 6.20 Å². The van der Waals surface area contributed by atoms with Crippen molar-refractivity contribution in [3.63, 3.8) is 0 Å². The third-order valence-electron chi connectivity index (χ3n) is 4.47. The number of hydrogen-bond acceptors (Lipinski definition) is 3. The van der Waals surface area contributed by atoms with Gasteiger partial charge < -0.3 is 5.32 Å². The maximum Gasteiger partial charge on any atom is 0.0641 e. The predicted octanol–water partition coefficient (Wildman–Crippen LogP) is 0.941. The van der Waals surface area contributed by atoms with E-state index in [1.165, 1.54) is 37.4 Å². The van der Waals surface area contributed by atoms with Crippen LogP contribution >= 0.6 is 0 Å². The average Bonchev–Trinajstić information content (AvgIpc) is 2.90. The molecule has 0 aromatic carbocycles. The Labute approximate surface area is 103 Å². The van der Waals surface area contributed by atoms with Gasteiger partial charge in [0.15, 0.2) is 0 Å². The van der Waals surface area contributed by atoms with Crippen molar-refractivity contribution in [1.82, 2.24) is 20.0 Å². The fraction of sp³-hybridized carbons (Fsp3) is 0.769. The first-order valence-corrected chi connectivity index (χ1v) is 6.60. The van der Waals surface area contributed by atoms with Crippen LogP contribution in [0.25, 0.3) is 0 Å². The lowest BCUT2D eigenvalue weighted by atomic mass is 10.0. The molecule has 2 saturated heterocycles. The quantitative estimate of drug-likeness (QED) is 0.827. The molecule has 3 heterocycles. The second-order valence-corrected chi connectivity index (χ2v) is 5.65. The Morgan fingerprint density at radius 2 is 2.00 bits per heavy atom. The maximum absolute atomic E-state index is 4.45. The van der Waals surface area contributed by atoms with Gasteiger partial charge in [0.1, 0.15) is 0 Å². The maximum atomic E-state index is 4.45. The summed E-state index contributed by atoms with van der Waals surface area (Å²) >= 11 is 0. The average molecular weight is 234 g/mol. The van der Waals surface area contributed by atoms with Gasteiger partial charge in [-0.3, -0.25) is 9.58 Å². The largest absolute Gasteiger partial charge is 0.316 e.